The molecule has 1 heterocycles. The summed E-state index contributed by atoms with van der Waals surface area (Å²) < 4.78 is 12.8. The second-order valence-corrected chi connectivity index (χ2v) is 4.72. The van der Waals surface area contributed by atoms with Crippen molar-refractivity contribution >= 4 is 5.91 Å². The molecular formula is C15H20N4O3. The highest BCUT2D eigenvalue weighted by Gasteiger charge is 2.08. The number of nitrogens with zero attached hydrogens (tertiary/aromatic N) is 3. The molecule has 0 spiro atoms. The van der Waals surface area contributed by atoms with Crippen LogP contribution in [0.3, 0.4) is 0 Å². The number of ether oxygens (including phenoxy) is 2. The fourth-order valence-corrected chi connectivity index (χ4v) is 1.74. The lowest BCUT2D eigenvalue weighted by atomic mass is 10.3. The molecule has 0 atom stereocenters. The van der Waals surface area contributed by atoms with Crippen molar-refractivity contribution in [2.24, 2.45) is 7.05 Å². The Morgan fingerprint density at radius 1 is 1.27 bits per heavy atom. The molecule has 0 unspecified atom stereocenters. The van der Waals surface area contributed by atoms with Gasteiger partial charge in [-0.25, -0.2) is 0 Å². The molecule has 1 amide bonds. The quantitative estimate of drug-likeness (QED) is 0.795. The molecule has 0 radical (unpaired) electrons. The number of para-hydroxylation sites is 2. The van der Waals surface area contributed by atoms with E-state index in [0.717, 1.165) is 6.42 Å². The van der Waals surface area contributed by atoms with Crippen LogP contribution >= 0.6 is 0 Å². The minimum Gasteiger partial charge on any atom is -0.490 e. The van der Waals surface area contributed by atoms with Crippen LogP contribution in [0.15, 0.2) is 30.6 Å². The molecule has 7 heteroatoms. The zero-order valence-corrected chi connectivity index (χ0v) is 12.8. The molecule has 1 N–H and O–H groups in total. The van der Waals surface area contributed by atoms with Crippen LogP contribution in [0.1, 0.15) is 19.2 Å². The van der Waals surface area contributed by atoms with Crippen LogP contribution in [-0.2, 0) is 18.4 Å². The zero-order chi connectivity index (χ0) is 15.8. The van der Waals surface area contributed by atoms with Gasteiger partial charge in [-0.05, 0) is 18.6 Å². The van der Waals surface area contributed by atoms with E-state index in [1.165, 1.54) is 0 Å². The highest BCUT2D eigenvalue weighted by atomic mass is 16.5. The maximum Gasteiger partial charge on any atom is 0.258 e. The van der Waals surface area contributed by atoms with Gasteiger partial charge in [-0.3, -0.25) is 4.79 Å². The Morgan fingerprint density at radius 3 is 2.64 bits per heavy atom. The number of carbonyl (C=O) groups is 1. The summed E-state index contributed by atoms with van der Waals surface area (Å²) in [4.78, 5) is 11.8. The maximum absolute atomic E-state index is 11.8. The van der Waals surface area contributed by atoms with Gasteiger partial charge in [-0.2, -0.15) is 0 Å². The van der Waals surface area contributed by atoms with Crippen LogP contribution in [0, 0.1) is 0 Å². The van der Waals surface area contributed by atoms with Gasteiger partial charge in [0.2, 0.25) is 0 Å². The molecule has 1 aromatic carbocycles. The minimum atomic E-state index is -0.228. The summed E-state index contributed by atoms with van der Waals surface area (Å²) in [7, 11) is 1.82. The number of nitrogens with one attached hydrogen (secondary N) is 1. The molecular weight excluding hydrogens is 284 g/mol. The number of carbonyl (C=O) groups excluding carboxylic acids is 1. The second-order valence-electron chi connectivity index (χ2n) is 4.72. The second kappa shape index (κ2) is 8.02. The van der Waals surface area contributed by atoms with Crippen LogP contribution in [0.4, 0.5) is 0 Å². The van der Waals surface area contributed by atoms with Gasteiger partial charge in [-0.15, -0.1) is 10.2 Å². The van der Waals surface area contributed by atoms with Crippen molar-refractivity contribution in [1.82, 2.24) is 20.1 Å². The van der Waals surface area contributed by atoms with Gasteiger partial charge in [0.15, 0.2) is 23.9 Å². The van der Waals surface area contributed by atoms with Crippen molar-refractivity contribution < 1.29 is 14.3 Å². The molecule has 118 valence electrons. The van der Waals surface area contributed by atoms with Gasteiger partial charge >= 0.3 is 0 Å². The van der Waals surface area contributed by atoms with Gasteiger partial charge in [0.25, 0.3) is 5.91 Å². The van der Waals surface area contributed by atoms with E-state index >= 15 is 0 Å². The molecule has 2 rings (SSSR count). The van der Waals surface area contributed by atoms with Gasteiger partial charge in [0, 0.05) is 7.05 Å². The predicted molar refractivity (Wildman–Crippen MR) is 80.6 cm³/mol. The fraction of sp³-hybridized carbons (Fsp3) is 0.400. The summed E-state index contributed by atoms with van der Waals surface area (Å²) in [6, 6.07) is 7.31. The standard InChI is InChI=1S/C15H20N4O3/c1-3-8-21-12-6-4-5-7-13(12)22-10-15(20)16-9-14-18-17-11-19(14)2/h4-7,11H,3,8-10H2,1-2H3,(H,16,20). The molecule has 0 aliphatic heterocycles. The highest BCUT2D eigenvalue weighted by molar-refractivity contribution is 5.77. The third kappa shape index (κ3) is 4.47. The largest absolute Gasteiger partial charge is 0.490 e. The monoisotopic (exact) mass is 304 g/mol. The van der Waals surface area contributed by atoms with Crippen LogP contribution in [0.25, 0.3) is 0 Å². The van der Waals surface area contributed by atoms with Crippen molar-refractivity contribution in [1.29, 1.82) is 0 Å². The number of hydrogen-bond donors (Lipinski definition) is 1. The van der Waals surface area contributed by atoms with Crippen LogP contribution in [-0.4, -0.2) is 33.9 Å². The van der Waals surface area contributed by atoms with Gasteiger partial charge in [-0.1, -0.05) is 19.1 Å². The van der Waals surface area contributed by atoms with Crippen LogP contribution < -0.4 is 14.8 Å². The first-order valence-corrected chi connectivity index (χ1v) is 7.15. The molecule has 0 saturated heterocycles. The first kappa shape index (κ1) is 15.8. The number of rotatable bonds is 8. The lowest BCUT2D eigenvalue weighted by Crippen LogP contribution is -2.29. The molecule has 7 nitrogen and oxygen atoms in total. The Morgan fingerprint density at radius 2 is 2.00 bits per heavy atom. The summed E-state index contributed by atoms with van der Waals surface area (Å²) in [5, 5.41) is 10.4. The van der Waals surface area contributed by atoms with E-state index in [1.807, 2.05) is 32.2 Å². The summed E-state index contributed by atoms with van der Waals surface area (Å²) in [5.74, 6) is 1.66. The minimum absolute atomic E-state index is 0.0790. The number of benzene rings is 1. The fourth-order valence-electron chi connectivity index (χ4n) is 1.74. The van der Waals surface area contributed by atoms with E-state index < -0.39 is 0 Å². The summed E-state index contributed by atoms with van der Waals surface area (Å²) in [6.07, 6.45) is 2.49. The van der Waals surface area contributed by atoms with Gasteiger partial charge in [0.05, 0.1) is 13.2 Å². The summed E-state index contributed by atoms with van der Waals surface area (Å²) >= 11 is 0. The topological polar surface area (TPSA) is 78.3 Å². The Labute approximate surface area is 129 Å². The van der Waals surface area contributed by atoms with Crippen molar-refractivity contribution in [2.45, 2.75) is 19.9 Å². The van der Waals surface area contributed by atoms with Crippen molar-refractivity contribution in [3.63, 3.8) is 0 Å². The summed E-state index contributed by atoms with van der Waals surface area (Å²) in [5.41, 5.74) is 0. The van der Waals surface area contributed by atoms with E-state index in [4.69, 9.17) is 9.47 Å². The lowest BCUT2D eigenvalue weighted by Gasteiger charge is -2.12. The van der Waals surface area contributed by atoms with Crippen molar-refractivity contribution in [3.8, 4) is 11.5 Å². The average Bonchev–Trinajstić information content (AvgIpc) is 2.95. The third-order valence-electron chi connectivity index (χ3n) is 2.92. The Hall–Kier alpha value is -2.57. The van der Waals surface area contributed by atoms with Crippen molar-refractivity contribution in [2.75, 3.05) is 13.2 Å². The van der Waals surface area contributed by atoms with E-state index in [9.17, 15) is 4.79 Å². The molecule has 0 aliphatic carbocycles. The first-order valence-electron chi connectivity index (χ1n) is 7.15. The molecule has 0 bridgehead atoms. The average molecular weight is 304 g/mol. The first-order chi connectivity index (χ1) is 10.7. The van der Waals surface area contributed by atoms with Crippen LogP contribution in [0.5, 0.6) is 11.5 Å². The Kier molecular flexibility index (Phi) is 5.76. The normalized spacial score (nSPS) is 10.3. The van der Waals surface area contributed by atoms with E-state index in [2.05, 4.69) is 15.5 Å². The number of aromatic nitrogens is 3. The molecule has 2 aromatic rings. The van der Waals surface area contributed by atoms with E-state index in [1.54, 1.807) is 17.0 Å². The van der Waals surface area contributed by atoms with Crippen LogP contribution in [0.2, 0.25) is 0 Å². The number of hydrogen-bond acceptors (Lipinski definition) is 5. The van der Waals surface area contributed by atoms with Gasteiger partial charge < -0.3 is 19.4 Å². The molecule has 22 heavy (non-hydrogen) atoms. The molecule has 1 aromatic heterocycles. The highest BCUT2D eigenvalue weighted by Crippen LogP contribution is 2.26. The third-order valence-corrected chi connectivity index (χ3v) is 2.92. The number of aryl methyl sites for hydroxylation is 1. The van der Waals surface area contributed by atoms with E-state index in [0.29, 0.717) is 30.5 Å². The lowest BCUT2D eigenvalue weighted by molar-refractivity contribution is -0.123. The molecule has 0 saturated carbocycles. The number of amides is 1. The van der Waals surface area contributed by atoms with Gasteiger partial charge in [0.1, 0.15) is 6.33 Å². The summed E-state index contributed by atoms with van der Waals surface area (Å²) in [6.45, 7) is 2.87. The van der Waals surface area contributed by atoms with E-state index in [-0.39, 0.29) is 12.5 Å². The molecule has 0 fully saturated rings. The Balaban J connectivity index is 1.82. The van der Waals surface area contributed by atoms with Crippen molar-refractivity contribution in [3.05, 3.63) is 36.4 Å². The SMILES string of the molecule is CCCOc1ccccc1OCC(=O)NCc1nncn1C. The Bertz CT molecular complexity index is 612. The predicted octanol–water partition coefficient (Wildman–Crippen LogP) is 1.30. The maximum atomic E-state index is 11.8. The molecule has 0 aliphatic rings. The zero-order valence-electron chi connectivity index (χ0n) is 12.8. The smallest absolute Gasteiger partial charge is 0.258 e.